The Bertz CT molecular complexity index is 279. The van der Waals surface area contributed by atoms with Gasteiger partial charge >= 0.3 is 5.97 Å². The molecule has 0 aromatic carbocycles. The molecule has 3 nitrogen and oxygen atoms in total. The maximum absolute atomic E-state index is 12.1. The molecule has 0 aromatic rings. The number of rotatable bonds is 14. The van der Waals surface area contributed by atoms with Crippen molar-refractivity contribution in [3.63, 3.8) is 0 Å². The molecule has 0 radical (unpaired) electrons. The highest BCUT2D eigenvalue weighted by molar-refractivity contribution is 5.80. The first-order valence-electron chi connectivity index (χ1n) is 9.33. The van der Waals surface area contributed by atoms with E-state index in [4.69, 9.17) is 4.74 Å². The molecule has 0 saturated heterocycles. The Morgan fingerprint density at radius 1 is 0.864 bits per heavy atom. The molecule has 132 valence electrons. The van der Waals surface area contributed by atoms with Gasteiger partial charge < -0.3 is 4.74 Å². The normalized spacial score (nSPS) is 14.1. The van der Waals surface area contributed by atoms with Crippen molar-refractivity contribution in [1.82, 2.24) is 4.90 Å². The summed E-state index contributed by atoms with van der Waals surface area (Å²) in [6, 6.07) is 0. The molecule has 0 aliphatic rings. The van der Waals surface area contributed by atoms with Crippen molar-refractivity contribution in [1.29, 1.82) is 0 Å². The number of carbonyl (C=O) groups is 1. The van der Waals surface area contributed by atoms with Gasteiger partial charge in [-0.2, -0.15) is 0 Å². The molecule has 0 aromatic heterocycles. The van der Waals surface area contributed by atoms with Gasteiger partial charge in [0.25, 0.3) is 0 Å². The van der Waals surface area contributed by atoms with E-state index in [1.165, 1.54) is 57.8 Å². The highest BCUT2D eigenvalue weighted by Gasteiger charge is 2.35. The Labute approximate surface area is 138 Å². The molecule has 22 heavy (non-hydrogen) atoms. The Morgan fingerprint density at radius 3 is 1.73 bits per heavy atom. The smallest absolute Gasteiger partial charge is 0.326 e. The molecule has 0 bridgehead atoms. The lowest BCUT2D eigenvalue weighted by atomic mass is 9.98. The number of hydrogen-bond donors (Lipinski definition) is 0. The second-order valence-corrected chi connectivity index (χ2v) is 6.84. The second kappa shape index (κ2) is 12.9. The summed E-state index contributed by atoms with van der Waals surface area (Å²) in [5.74, 6) is -0.0871. The van der Waals surface area contributed by atoms with Crippen molar-refractivity contribution >= 4 is 5.97 Å². The third-order valence-electron chi connectivity index (χ3n) is 4.85. The van der Waals surface area contributed by atoms with E-state index in [2.05, 4.69) is 6.92 Å². The molecular formula is C19H39NO2. The van der Waals surface area contributed by atoms with E-state index in [0.29, 0.717) is 6.61 Å². The van der Waals surface area contributed by atoms with Crippen LogP contribution in [0.5, 0.6) is 0 Å². The minimum absolute atomic E-state index is 0.0871. The van der Waals surface area contributed by atoms with E-state index in [-0.39, 0.29) is 5.97 Å². The minimum atomic E-state index is -0.488. The predicted molar refractivity (Wildman–Crippen MR) is 95.2 cm³/mol. The van der Waals surface area contributed by atoms with Crippen LogP contribution in [0.2, 0.25) is 0 Å². The summed E-state index contributed by atoms with van der Waals surface area (Å²) in [5, 5.41) is 0. The Balaban J connectivity index is 3.52. The predicted octanol–water partition coefficient (Wildman–Crippen LogP) is 5.18. The molecule has 0 fully saturated rings. The number of unbranched alkanes of at least 4 members (excludes halogenated alkanes) is 9. The van der Waals surface area contributed by atoms with Gasteiger partial charge in [-0.25, -0.2) is 0 Å². The molecule has 0 aliphatic heterocycles. The van der Waals surface area contributed by atoms with Crippen molar-refractivity contribution in [2.24, 2.45) is 0 Å². The lowest BCUT2D eigenvalue weighted by Gasteiger charge is -2.32. The van der Waals surface area contributed by atoms with Crippen LogP contribution in [0.25, 0.3) is 0 Å². The highest BCUT2D eigenvalue weighted by atomic mass is 16.5. The molecule has 0 saturated carbocycles. The van der Waals surface area contributed by atoms with Gasteiger partial charge in [0.05, 0.1) is 6.61 Å². The zero-order valence-electron chi connectivity index (χ0n) is 15.7. The van der Waals surface area contributed by atoms with E-state index in [1.807, 2.05) is 32.8 Å². The van der Waals surface area contributed by atoms with Crippen LogP contribution in [-0.4, -0.2) is 37.1 Å². The van der Waals surface area contributed by atoms with Gasteiger partial charge in [-0.05, 0) is 33.9 Å². The molecule has 0 aliphatic carbocycles. The summed E-state index contributed by atoms with van der Waals surface area (Å²) in [5.41, 5.74) is -0.488. The van der Waals surface area contributed by atoms with E-state index in [9.17, 15) is 4.79 Å². The molecular weight excluding hydrogens is 274 g/mol. The van der Waals surface area contributed by atoms with Gasteiger partial charge in [0.2, 0.25) is 0 Å². The first-order chi connectivity index (χ1) is 10.5. The van der Waals surface area contributed by atoms with Crippen molar-refractivity contribution in [3.8, 4) is 0 Å². The molecule has 0 amide bonds. The number of carbonyl (C=O) groups excluding carboxylic acids is 1. The summed E-state index contributed by atoms with van der Waals surface area (Å²) in [6.45, 7) is 6.81. The maximum atomic E-state index is 12.1. The topological polar surface area (TPSA) is 29.5 Å². The maximum Gasteiger partial charge on any atom is 0.326 e. The van der Waals surface area contributed by atoms with Gasteiger partial charge in [-0.15, -0.1) is 0 Å². The average Bonchev–Trinajstić information content (AvgIpc) is 2.51. The van der Waals surface area contributed by atoms with Gasteiger partial charge in [0, 0.05) is 0 Å². The fourth-order valence-corrected chi connectivity index (χ4v) is 2.55. The van der Waals surface area contributed by atoms with Crippen LogP contribution in [0, 0.1) is 0 Å². The zero-order chi connectivity index (χ0) is 16.8. The van der Waals surface area contributed by atoms with Crippen molar-refractivity contribution in [2.45, 2.75) is 96.9 Å². The summed E-state index contributed by atoms with van der Waals surface area (Å²) >= 11 is 0. The number of esters is 1. The first kappa shape index (κ1) is 21.4. The van der Waals surface area contributed by atoms with Gasteiger partial charge in [-0.3, -0.25) is 9.69 Å². The minimum Gasteiger partial charge on any atom is -0.464 e. The van der Waals surface area contributed by atoms with Crippen LogP contribution in [0.4, 0.5) is 0 Å². The lowest BCUT2D eigenvalue weighted by Crippen LogP contribution is -2.49. The van der Waals surface area contributed by atoms with Crippen LogP contribution in [0.1, 0.15) is 91.4 Å². The average molecular weight is 314 g/mol. The third kappa shape index (κ3) is 8.77. The highest BCUT2D eigenvalue weighted by Crippen LogP contribution is 2.18. The first-order valence-corrected chi connectivity index (χ1v) is 9.33. The van der Waals surface area contributed by atoms with Crippen molar-refractivity contribution in [3.05, 3.63) is 0 Å². The van der Waals surface area contributed by atoms with E-state index < -0.39 is 5.54 Å². The number of hydrogen-bond acceptors (Lipinski definition) is 3. The monoisotopic (exact) mass is 313 g/mol. The SMILES string of the molecule is CCCCCCCCCCCCOC(=O)C(C)(CC)N(C)C. The third-order valence-corrected chi connectivity index (χ3v) is 4.85. The molecule has 1 unspecified atom stereocenters. The number of ether oxygens (including phenoxy) is 1. The van der Waals surface area contributed by atoms with E-state index in [1.54, 1.807) is 0 Å². The Morgan fingerprint density at radius 2 is 1.32 bits per heavy atom. The fraction of sp³-hybridized carbons (Fsp3) is 0.947. The van der Waals surface area contributed by atoms with Gasteiger partial charge in [0.15, 0.2) is 0 Å². The zero-order valence-corrected chi connectivity index (χ0v) is 15.7. The molecule has 0 spiro atoms. The van der Waals surface area contributed by atoms with Crippen molar-refractivity contribution in [2.75, 3.05) is 20.7 Å². The number of nitrogens with zero attached hydrogens (tertiary/aromatic N) is 1. The lowest BCUT2D eigenvalue weighted by molar-refractivity contribution is -0.156. The van der Waals surface area contributed by atoms with Crippen LogP contribution in [0.15, 0.2) is 0 Å². The van der Waals surface area contributed by atoms with Crippen molar-refractivity contribution < 1.29 is 9.53 Å². The molecule has 0 rings (SSSR count). The summed E-state index contributed by atoms with van der Waals surface area (Å²) in [7, 11) is 3.87. The van der Waals surface area contributed by atoms with E-state index >= 15 is 0 Å². The molecule has 0 heterocycles. The van der Waals surface area contributed by atoms with Gasteiger partial charge in [0.1, 0.15) is 5.54 Å². The standard InChI is InChI=1S/C19H39NO2/c1-6-8-9-10-11-12-13-14-15-16-17-22-18(21)19(3,7-2)20(4)5/h6-17H2,1-5H3. The molecule has 0 N–H and O–H groups in total. The van der Waals surface area contributed by atoms with Gasteiger partial charge in [-0.1, -0.05) is 71.6 Å². The summed E-state index contributed by atoms with van der Waals surface area (Å²) in [4.78, 5) is 14.1. The largest absolute Gasteiger partial charge is 0.464 e. The van der Waals surface area contributed by atoms with Crippen LogP contribution in [-0.2, 0) is 9.53 Å². The molecule has 1 atom stereocenters. The Hall–Kier alpha value is -0.570. The quantitative estimate of drug-likeness (QED) is 0.327. The summed E-state index contributed by atoms with van der Waals surface area (Å²) < 4.78 is 5.45. The number of likely N-dealkylation sites (N-methyl/N-ethyl adjacent to an activating group) is 1. The second-order valence-electron chi connectivity index (χ2n) is 6.84. The van der Waals surface area contributed by atoms with Crippen LogP contribution in [0.3, 0.4) is 0 Å². The van der Waals surface area contributed by atoms with E-state index in [0.717, 1.165) is 12.8 Å². The van der Waals surface area contributed by atoms with Crippen LogP contribution < -0.4 is 0 Å². The molecule has 3 heteroatoms. The fourth-order valence-electron chi connectivity index (χ4n) is 2.55. The summed E-state index contributed by atoms with van der Waals surface area (Å²) in [6.07, 6.45) is 13.8. The Kier molecular flexibility index (Phi) is 12.6. The van der Waals surface area contributed by atoms with Crippen LogP contribution >= 0.6 is 0 Å².